The van der Waals surface area contributed by atoms with E-state index in [1.807, 2.05) is 0 Å². The number of carbonyl (C=O) groups is 1. The molecule has 84 valence electrons. The number of carbonyl (C=O) groups excluding carboxylic acids is 1. The van der Waals surface area contributed by atoms with Crippen molar-refractivity contribution in [3.63, 3.8) is 0 Å². The van der Waals surface area contributed by atoms with Crippen LogP contribution in [0.15, 0.2) is 5.38 Å². The fourth-order valence-corrected chi connectivity index (χ4v) is 2.68. The lowest BCUT2D eigenvalue weighted by atomic mass is 10.2. The zero-order chi connectivity index (χ0) is 11.3. The lowest BCUT2D eigenvalue weighted by molar-refractivity contribution is 0.0594. The lowest BCUT2D eigenvalue weighted by Gasteiger charge is -2.03. The van der Waals surface area contributed by atoms with Crippen LogP contribution in [-0.4, -0.2) is 18.1 Å². The summed E-state index contributed by atoms with van der Waals surface area (Å²) in [6.07, 6.45) is 3.37. The van der Waals surface area contributed by atoms with Crippen molar-refractivity contribution in [3.8, 4) is 0 Å². The number of hydrogen-bond donors (Lipinski definition) is 0. The molecule has 1 aromatic heterocycles. The van der Waals surface area contributed by atoms with Crippen molar-refractivity contribution >= 4 is 33.2 Å². The van der Waals surface area contributed by atoms with Gasteiger partial charge < -0.3 is 4.74 Å². The van der Waals surface area contributed by atoms with Gasteiger partial charge in [0.05, 0.1) is 11.9 Å². The van der Waals surface area contributed by atoms with Crippen molar-refractivity contribution in [1.82, 2.24) is 4.98 Å². The van der Waals surface area contributed by atoms with Gasteiger partial charge in [-0.25, -0.2) is 9.78 Å². The highest BCUT2D eigenvalue weighted by Crippen LogP contribution is 2.30. The first-order chi connectivity index (χ1) is 7.19. The molecule has 1 atom stereocenters. The molecule has 1 rings (SSSR count). The van der Waals surface area contributed by atoms with Crippen molar-refractivity contribution in [2.45, 2.75) is 31.0 Å². The Morgan fingerprint density at radius 3 is 3.07 bits per heavy atom. The first-order valence-electron chi connectivity index (χ1n) is 4.86. The summed E-state index contributed by atoms with van der Waals surface area (Å²) in [5.41, 5.74) is 0.401. The fourth-order valence-electron chi connectivity index (χ4n) is 1.14. The molecule has 0 fully saturated rings. The van der Waals surface area contributed by atoms with Gasteiger partial charge in [-0.1, -0.05) is 35.7 Å². The number of rotatable bonds is 5. The average molecular weight is 292 g/mol. The van der Waals surface area contributed by atoms with Crippen molar-refractivity contribution in [2.24, 2.45) is 0 Å². The molecule has 0 spiro atoms. The molecule has 0 aromatic carbocycles. The summed E-state index contributed by atoms with van der Waals surface area (Å²) in [5.74, 6) is -0.368. The number of ether oxygens (including phenoxy) is 1. The summed E-state index contributed by atoms with van der Waals surface area (Å²) in [4.78, 5) is 15.7. The topological polar surface area (TPSA) is 39.2 Å². The first kappa shape index (κ1) is 12.6. The Bertz CT molecular complexity index is 327. The van der Waals surface area contributed by atoms with E-state index in [2.05, 4.69) is 32.6 Å². The predicted molar refractivity (Wildman–Crippen MR) is 64.6 cm³/mol. The Balaban J connectivity index is 2.62. The second-order valence-corrected chi connectivity index (χ2v) is 5.17. The minimum absolute atomic E-state index is 0.251. The van der Waals surface area contributed by atoms with E-state index < -0.39 is 0 Å². The SMILES string of the molecule is CCCCC(Br)c1nc(C(=O)OC)cs1. The molecule has 0 amide bonds. The molecule has 0 aliphatic carbocycles. The predicted octanol–water partition coefficient (Wildman–Crippen LogP) is 3.56. The zero-order valence-electron chi connectivity index (χ0n) is 8.83. The van der Waals surface area contributed by atoms with Crippen LogP contribution in [0.4, 0.5) is 0 Å². The normalized spacial score (nSPS) is 12.5. The van der Waals surface area contributed by atoms with Crippen molar-refractivity contribution in [1.29, 1.82) is 0 Å². The molecule has 0 aliphatic heterocycles. The highest BCUT2D eigenvalue weighted by atomic mass is 79.9. The molecule has 0 saturated heterocycles. The summed E-state index contributed by atoms with van der Waals surface area (Å²) in [6, 6.07) is 0. The maximum Gasteiger partial charge on any atom is 0.357 e. The number of hydrogen-bond acceptors (Lipinski definition) is 4. The smallest absolute Gasteiger partial charge is 0.357 e. The number of thiazole rings is 1. The molecule has 5 heteroatoms. The number of alkyl halides is 1. The maximum absolute atomic E-state index is 11.2. The second kappa shape index (κ2) is 6.23. The molecule has 0 saturated carbocycles. The molecule has 0 aliphatic rings. The summed E-state index contributed by atoms with van der Waals surface area (Å²) in [7, 11) is 1.37. The quantitative estimate of drug-likeness (QED) is 0.615. The number of esters is 1. The van der Waals surface area contributed by atoms with Crippen molar-refractivity contribution in [3.05, 3.63) is 16.1 Å². The summed E-state index contributed by atoms with van der Waals surface area (Å²) in [5, 5.41) is 2.69. The van der Waals surface area contributed by atoms with Crippen LogP contribution in [-0.2, 0) is 4.74 Å². The zero-order valence-corrected chi connectivity index (χ0v) is 11.2. The molecule has 0 N–H and O–H groups in total. The van der Waals surface area contributed by atoms with Crippen LogP contribution in [0, 0.1) is 0 Å². The largest absolute Gasteiger partial charge is 0.464 e. The molecule has 3 nitrogen and oxygen atoms in total. The highest BCUT2D eigenvalue weighted by molar-refractivity contribution is 9.09. The Labute approximate surface area is 102 Å². The van der Waals surface area contributed by atoms with Gasteiger partial charge in [0.15, 0.2) is 5.69 Å². The van der Waals surface area contributed by atoms with Crippen LogP contribution in [0.25, 0.3) is 0 Å². The van der Waals surface area contributed by atoms with Crippen LogP contribution in [0.2, 0.25) is 0 Å². The number of nitrogens with zero attached hydrogens (tertiary/aromatic N) is 1. The summed E-state index contributed by atoms with van der Waals surface area (Å²) < 4.78 is 4.60. The van der Waals surface area contributed by atoms with E-state index in [0.29, 0.717) is 5.69 Å². The van der Waals surface area contributed by atoms with E-state index in [9.17, 15) is 4.79 Å². The molecule has 0 radical (unpaired) electrons. The molecular weight excluding hydrogens is 278 g/mol. The van der Waals surface area contributed by atoms with Gasteiger partial charge in [0, 0.05) is 5.38 Å². The Kier molecular flexibility index (Phi) is 5.25. The van der Waals surface area contributed by atoms with Crippen LogP contribution in [0.5, 0.6) is 0 Å². The van der Waals surface area contributed by atoms with Gasteiger partial charge in [0.1, 0.15) is 5.01 Å². The van der Waals surface area contributed by atoms with E-state index in [4.69, 9.17) is 0 Å². The van der Waals surface area contributed by atoms with Gasteiger partial charge in [0.25, 0.3) is 0 Å². The molecule has 1 unspecified atom stereocenters. The monoisotopic (exact) mass is 291 g/mol. The Morgan fingerprint density at radius 2 is 2.47 bits per heavy atom. The molecule has 1 aromatic rings. The standard InChI is InChI=1S/C10H14BrNO2S/c1-3-4-5-7(11)9-12-8(6-15-9)10(13)14-2/h6-7H,3-5H2,1-2H3. The Morgan fingerprint density at radius 1 is 1.73 bits per heavy atom. The van der Waals surface area contributed by atoms with Crippen molar-refractivity contribution in [2.75, 3.05) is 7.11 Å². The first-order valence-corrected chi connectivity index (χ1v) is 6.66. The van der Waals surface area contributed by atoms with E-state index in [0.717, 1.165) is 24.3 Å². The van der Waals surface area contributed by atoms with Gasteiger partial charge in [0.2, 0.25) is 0 Å². The summed E-state index contributed by atoms with van der Waals surface area (Å²) in [6.45, 7) is 2.15. The average Bonchev–Trinajstić information content (AvgIpc) is 2.74. The number of unbranched alkanes of at least 4 members (excludes halogenated alkanes) is 1. The second-order valence-electron chi connectivity index (χ2n) is 3.17. The molecular formula is C10H14BrNO2S. The molecule has 1 heterocycles. The van der Waals surface area contributed by atoms with Gasteiger partial charge in [-0.15, -0.1) is 11.3 Å². The van der Waals surface area contributed by atoms with Crippen LogP contribution in [0.1, 0.15) is 46.5 Å². The maximum atomic E-state index is 11.2. The third kappa shape index (κ3) is 3.57. The minimum Gasteiger partial charge on any atom is -0.464 e. The minimum atomic E-state index is -0.368. The van der Waals surface area contributed by atoms with Gasteiger partial charge >= 0.3 is 5.97 Å². The van der Waals surface area contributed by atoms with E-state index in [1.54, 1.807) is 5.38 Å². The van der Waals surface area contributed by atoms with Crippen LogP contribution >= 0.6 is 27.3 Å². The number of halogens is 1. The highest BCUT2D eigenvalue weighted by Gasteiger charge is 2.15. The van der Waals surface area contributed by atoms with Gasteiger partial charge in [-0.05, 0) is 6.42 Å². The Hall–Kier alpha value is -0.420. The third-order valence-corrected chi connectivity index (χ3v) is 4.15. The van der Waals surface area contributed by atoms with E-state index >= 15 is 0 Å². The van der Waals surface area contributed by atoms with Crippen LogP contribution < -0.4 is 0 Å². The molecule has 15 heavy (non-hydrogen) atoms. The summed E-state index contributed by atoms with van der Waals surface area (Å²) >= 11 is 5.06. The van der Waals surface area contributed by atoms with Crippen LogP contribution in [0.3, 0.4) is 0 Å². The van der Waals surface area contributed by atoms with E-state index in [-0.39, 0.29) is 10.8 Å². The number of aromatic nitrogens is 1. The lowest BCUT2D eigenvalue weighted by Crippen LogP contribution is -2.02. The van der Waals surface area contributed by atoms with Gasteiger partial charge in [-0.3, -0.25) is 0 Å². The molecule has 0 bridgehead atoms. The van der Waals surface area contributed by atoms with E-state index in [1.165, 1.54) is 18.4 Å². The third-order valence-electron chi connectivity index (χ3n) is 2.00. The van der Waals surface area contributed by atoms with Crippen molar-refractivity contribution < 1.29 is 9.53 Å². The number of methoxy groups -OCH3 is 1. The fraction of sp³-hybridized carbons (Fsp3) is 0.600. The van der Waals surface area contributed by atoms with Gasteiger partial charge in [-0.2, -0.15) is 0 Å².